The Bertz CT molecular complexity index is 657. The van der Waals surface area contributed by atoms with Crippen molar-refractivity contribution in [2.75, 3.05) is 32.4 Å². The highest BCUT2D eigenvalue weighted by Crippen LogP contribution is 2.16. The molecule has 2 heterocycles. The van der Waals surface area contributed by atoms with Crippen LogP contribution in [-0.4, -0.2) is 57.2 Å². The van der Waals surface area contributed by atoms with Crippen molar-refractivity contribution in [2.45, 2.75) is 45.6 Å². The fraction of sp³-hybridized carbons (Fsp3) is 0.722. The van der Waals surface area contributed by atoms with Crippen molar-refractivity contribution in [3.05, 3.63) is 22.4 Å². The van der Waals surface area contributed by atoms with Crippen molar-refractivity contribution in [1.29, 1.82) is 0 Å². The molecule has 1 aromatic heterocycles. The molecule has 2 N–H and O–H groups in total. The van der Waals surface area contributed by atoms with Crippen LogP contribution in [0.3, 0.4) is 0 Å². The molecule has 6 nitrogen and oxygen atoms in total. The topological polar surface area (TPSA) is 73.8 Å². The Kier molecular flexibility index (Phi) is 11.2. The van der Waals surface area contributed by atoms with Crippen LogP contribution >= 0.6 is 35.3 Å². The molecule has 27 heavy (non-hydrogen) atoms. The van der Waals surface area contributed by atoms with Gasteiger partial charge in [0.15, 0.2) is 5.96 Å². The van der Waals surface area contributed by atoms with Gasteiger partial charge in [0.25, 0.3) is 0 Å². The third-order valence-electron chi connectivity index (χ3n) is 4.62. The lowest BCUT2D eigenvalue weighted by atomic mass is 10.1. The number of nitrogens with zero attached hydrogens (tertiary/aromatic N) is 2. The minimum atomic E-state index is -3.08. The van der Waals surface area contributed by atoms with Crippen LogP contribution in [0.2, 0.25) is 0 Å². The number of aliphatic imine (C=N–C) groups is 1. The maximum Gasteiger partial charge on any atom is 0.214 e. The quantitative estimate of drug-likeness (QED) is 0.309. The molecule has 1 aliphatic heterocycles. The summed E-state index contributed by atoms with van der Waals surface area (Å²) < 4.78 is 25.9. The van der Waals surface area contributed by atoms with Crippen LogP contribution in [0.15, 0.2) is 22.5 Å². The second kappa shape index (κ2) is 12.2. The summed E-state index contributed by atoms with van der Waals surface area (Å²) in [5, 5.41) is 8.96. The first-order chi connectivity index (χ1) is 12.4. The predicted molar refractivity (Wildman–Crippen MR) is 126 cm³/mol. The highest BCUT2D eigenvalue weighted by molar-refractivity contribution is 14.0. The highest BCUT2D eigenvalue weighted by atomic mass is 127. The summed E-state index contributed by atoms with van der Waals surface area (Å²) in [7, 11) is -1.30. The molecule has 0 aliphatic carbocycles. The summed E-state index contributed by atoms with van der Waals surface area (Å²) in [6.45, 7) is 6.18. The smallest absolute Gasteiger partial charge is 0.214 e. The molecule has 1 fully saturated rings. The SMILES string of the molecule is CCCS(=O)(=O)N1CCC(NC(=NC)NCC(C)Cc2cccs2)CC1.I. The lowest BCUT2D eigenvalue weighted by Crippen LogP contribution is -2.50. The molecule has 0 saturated carbocycles. The van der Waals surface area contributed by atoms with Crippen molar-refractivity contribution in [1.82, 2.24) is 14.9 Å². The summed E-state index contributed by atoms with van der Waals surface area (Å²) in [4.78, 5) is 5.72. The van der Waals surface area contributed by atoms with Gasteiger partial charge < -0.3 is 10.6 Å². The van der Waals surface area contributed by atoms with Gasteiger partial charge in [0, 0.05) is 37.6 Å². The Labute approximate surface area is 185 Å². The summed E-state index contributed by atoms with van der Waals surface area (Å²) in [5.74, 6) is 1.57. The number of nitrogens with one attached hydrogen (secondary N) is 2. The van der Waals surface area contributed by atoms with Gasteiger partial charge in [0.05, 0.1) is 5.75 Å². The Morgan fingerprint density at radius 2 is 2.11 bits per heavy atom. The monoisotopic (exact) mass is 528 g/mol. The van der Waals surface area contributed by atoms with E-state index in [4.69, 9.17) is 0 Å². The number of thiophene rings is 1. The molecule has 1 unspecified atom stereocenters. The van der Waals surface area contributed by atoms with E-state index < -0.39 is 10.0 Å². The van der Waals surface area contributed by atoms with Gasteiger partial charge in [-0.15, -0.1) is 35.3 Å². The van der Waals surface area contributed by atoms with Crippen molar-refractivity contribution in [3.8, 4) is 0 Å². The zero-order valence-corrected chi connectivity index (χ0v) is 20.4. The zero-order chi connectivity index (χ0) is 19.0. The molecule has 1 atom stereocenters. The summed E-state index contributed by atoms with van der Waals surface area (Å²) >= 11 is 1.80. The molecule has 2 rings (SSSR count). The Morgan fingerprint density at radius 1 is 1.41 bits per heavy atom. The van der Waals surface area contributed by atoms with E-state index in [2.05, 4.69) is 40.1 Å². The number of halogens is 1. The van der Waals surface area contributed by atoms with Gasteiger partial charge in [-0.3, -0.25) is 4.99 Å². The lowest BCUT2D eigenvalue weighted by molar-refractivity contribution is 0.306. The largest absolute Gasteiger partial charge is 0.356 e. The molecule has 1 aromatic rings. The van der Waals surface area contributed by atoms with E-state index in [9.17, 15) is 8.42 Å². The Balaban J connectivity index is 0.00000364. The van der Waals surface area contributed by atoms with Crippen LogP contribution in [0.1, 0.15) is 38.0 Å². The number of piperidine rings is 1. The first-order valence-electron chi connectivity index (χ1n) is 9.42. The lowest BCUT2D eigenvalue weighted by Gasteiger charge is -2.32. The first kappa shape index (κ1) is 24.6. The first-order valence-corrected chi connectivity index (χ1v) is 11.9. The second-order valence-electron chi connectivity index (χ2n) is 6.98. The van der Waals surface area contributed by atoms with E-state index >= 15 is 0 Å². The fourth-order valence-electron chi connectivity index (χ4n) is 3.17. The average molecular weight is 529 g/mol. The maximum absolute atomic E-state index is 12.1. The van der Waals surface area contributed by atoms with Gasteiger partial charge in [-0.25, -0.2) is 12.7 Å². The number of rotatable bonds is 8. The van der Waals surface area contributed by atoms with Crippen molar-refractivity contribution < 1.29 is 8.42 Å². The molecule has 156 valence electrons. The number of sulfonamides is 1. The number of guanidine groups is 1. The number of hydrogen-bond donors (Lipinski definition) is 2. The van der Waals surface area contributed by atoms with Crippen LogP contribution in [0.4, 0.5) is 0 Å². The maximum atomic E-state index is 12.1. The van der Waals surface area contributed by atoms with Crippen LogP contribution < -0.4 is 10.6 Å². The van der Waals surface area contributed by atoms with E-state index in [1.807, 2.05) is 6.92 Å². The van der Waals surface area contributed by atoms with E-state index in [1.54, 1.807) is 22.7 Å². The Morgan fingerprint density at radius 3 is 2.67 bits per heavy atom. The van der Waals surface area contributed by atoms with Gasteiger partial charge >= 0.3 is 0 Å². The molecule has 1 saturated heterocycles. The minimum absolute atomic E-state index is 0. The van der Waals surface area contributed by atoms with Crippen LogP contribution in [0.5, 0.6) is 0 Å². The van der Waals surface area contributed by atoms with Gasteiger partial charge in [-0.1, -0.05) is 19.9 Å². The Hall–Kier alpha value is -0.390. The van der Waals surface area contributed by atoms with Crippen LogP contribution in [0.25, 0.3) is 0 Å². The van der Waals surface area contributed by atoms with E-state index in [0.29, 0.717) is 25.4 Å². The minimum Gasteiger partial charge on any atom is -0.356 e. The summed E-state index contributed by atoms with van der Waals surface area (Å²) in [5.41, 5.74) is 0. The molecule has 1 aliphatic rings. The van der Waals surface area contributed by atoms with E-state index in [-0.39, 0.29) is 35.8 Å². The molecule has 0 radical (unpaired) electrons. The van der Waals surface area contributed by atoms with Gasteiger partial charge in [0.2, 0.25) is 10.0 Å². The molecule has 0 spiro atoms. The van der Waals surface area contributed by atoms with Gasteiger partial charge in [-0.2, -0.15) is 0 Å². The summed E-state index contributed by atoms with van der Waals surface area (Å²) in [6.07, 6.45) is 3.36. The molecular weight excluding hydrogens is 495 g/mol. The standard InChI is InChI=1S/C18H32N4O2S2.HI/c1-4-12-26(23,24)22-9-7-16(8-10-22)21-18(19-3)20-14-15(2)13-17-6-5-11-25-17;/h5-6,11,15-16H,4,7-10,12-14H2,1-3H3,(H2,19,20,21);1H. The molecule has 0 amide bonds. The van der Waals surface area contributed by atoms with Crippen molar-refractivity contribution in [3.63, 3.8) is 0 Å². The van der Waals surface area contributed by atoms with E-state index in [0.717, 1.165) is 31.8 Å². The molecule has 0 aromatic carbocycles. The van der Waals surface area contributed by atoms with Crippen LogP contribution in [-0.2, 0) is 16.4 Å². The van der Waals surface area contributed by atoms with Crippen molar-refractivity contribution >= 4 is 51.3 Å². The van der Waals surface area contributed by atoms with Gasteiger partial charge in [0.1, 0.15) is 0 Å². The third kappa shape index (κ3) is 8.25. The number of hydrogen-bond acceptors (Lipinski definition) is 4. The zero-order valence-electron chi connectivity index (χ0n) is 16.5. The average Bonchev–Trinajstić information content (AvgIpc) is 3.12. The summed E-state index contributed by atoms with van der Waals surface area (Å²) in [6, 6.07) is 4.53. The molecular formula is C18H33IN4O2S2. The predicted octanol–water partition coefficient (Wildman–Crippen LogP) is 2.91. The normalized spacial score (nSPS) is 18.0. The van der Waals surface area contributed by atoms with Crippen molar-refractivity contribution in [2.24, 2.45) is 10.9 Å². The second-order valence-corrected chi connectivity index (χ2v) is 10.1. The third-order valence-corrected chi connectivity index (χ3v) is 7.60. The fourth-order valence-corrected chi connectivity index (χ4v) is 5.58. The van der Waals surface area contributed by atoms with E-state index in [1.165, 1.54) is 4.88 Å². The van der Waals surface area contributed by atoms with Gasteiger partial charge in [-0.05, 0) is 43.0 Å². The molecule has 9 heteroatoms. The molecule has 0 bridgehead atoms. The highest BCUT2D eigenvalue weighted by Gasteiger charge is 2.27. The van der Waals surface area contributed by atoms with Crippen LogP contribution in [0, 0.1) is 5.92 Å².